The summed E-state index contributed by atoms with van der Waals surface area (Å²) in [6, 6.07) is 7.90. The van der Waals surface area contributed by atoms with Crippen molar-refractivity contribution in [2.75, 3.05) is 24.5 Å². The molecule has 2 aliphatic heterocycles. The van der Waals surface area contributed by atoms with Crippen molar-refractivity contribution in [1.29, 1.82) is 0 Å². The number of amides is 1. The van der Waals surface area contributed by atoms with Crippen LogP contribution in [0.2, 0.25) is 0 Å². The van der Waals surface area contributed by atoms with Gasteiger partial charge < -0.3 is 15.0 Å². The molecule has 0 aromatic heterocycles. The van der Waals surface area contributed by atoms with Gasteiger partial charge in [0.15, 0.2) is 5.71 Å². The van der Waals surface area contributed by atoms with Crippen molar-refractivity contribution in [2.24, 2.45) is 16.5 Å². The molecular weight excluding hydrogens is 350 g/mol. The predicted octanol–water partition coefficient (Wildman–Crippen LogP) is 4.04. The van der Waals surface area contributed by atoms with Gasteiger partial charge in [0.25, 0.3) is 5.91 Å². The Morgan fingerprint density at radius 2 is 1.79 bits per heavy atom. The van der Waals surface area contributed by atoms with Gasteiger partial charge in [0.1, 0.15) is 0 Å². The van der Waals surface area contributed by atoms with Crippen LogP contribution < -0.4 is 4.90 Å². The topological polar surface area (TPSA) is 56.1 Å². The molecule has 2 heterocycles. The van der Waals surface area contributed by atoms with Gasteiger partial charge in [-0.25, -0.2) is 0 Å². The Hall–Kier alpha value is -1.88. The quantitative estimate of drug-likeness (QED) is 0.635. The fourth-order valence-corrected chi connectivity index (χ4v) is 6.54. The first-order valence-electron chi connectivity index (χ1n) is 11.1. The third-order valence-electron chi connectivity index (χ3n) is 7.78. The van der Waals surface area contributed by atoms with Crippen LogP contribution in [0.4, 0.5) is 5.69 Å². The van der Waals surface area contributed by atoms with Crippen LogP contribution in [0.3, 0.4) is 0 Å². The Kier molecular flexibility index (Phi) is 4.66. The maximum absolute atomic E-state index is 12.9. The zero-order valence-electron chi connectivity index (χ0n) is 16.6. The van der Waals surface area contributed by atoms with Gasteiger partial charge in [-0.15, -0.1) is 0 Å². The molecule has 0 atom stereocenters. The summed E-state index contributed by atoms with van der Waals surface area (Å²) in [4.78, 5) is 17.4. The summed E-state index contributed by atoms with van der Waals surface area (Å²) >= 11 is 0. The van der Waals surface area contributed by atoms with Crippen molar-refractivity contribution in [3.63, 3.8) is 0 Å². The number of carbonyl (C=O) groups excluding carboxylic acids is 1. The Morgan fingerprint density at radius 1 is 1.07 bits per heavy atom. The first-order chi connectivity index (χ1) is 13.7. The maximum Gasteiger partial charge on any atom is 0.281 e. The van der Waals surface area contributed by atoms with Gasteiger partial charge in [-0.1, -0.05) is 49.0 Å². The van der Waals surface area contributed by atoms with Gasteiger partial charge in [-0.05, 0) is 49.5 Å². The molecule has 5 heteroatoms. The number of oxime groups is 1. The van der Waals surface area contributed by atoms with Crippen LogP contribution in [0.25, 0.3) is 0 Å². The third-order valence-corrected chi connectivity index (χ3v) is 7.78. The molecule has 0 spiro atoms. The van der Waals surface area contributed by atoms with E-state index in [2.05, 4.69) is 10.1 Å². The van der Waals surface area contributed by atoms with E-state index in [9.17, 15) is 10.0 Å². The summed E-state index contributed by atoms with van der Waals surface area (Å²) in [7, 11) is 0. The molecule has 1 saturated heterocycles. The monoisotopic (exact) mass is 381 g/mol. The van der Waals surface area contributed by atoms with E-state index in [-0.39, 0.29) is 17.7 Å². The second-order valence-electron chi connectivity index (χ2n) is 9.50. The largest absolute Gasteiger partial charge is 0.410 e. The van der Waals surface area contributed by atoms with Crippen LogP contribution in [0, 0.1) is 11.3 Å². The maximum atomic E-state index is 12.9. The van der Waals surface area contributed by atoms with Crippen LogP contribution >= 0.6 is 0 Å². The van der Waals surface area contributed by atoms with Crippen LogP contribution in [0.1, 0.15) is 63.4 Å². The minimum atomic E-state index is -0.150. The minimum Gasteiger partial charge on any atom is -0.410 e. The van der Waals surface area contributed by atoms with Crippen LogP contribution in [-0.2, 0) is 4.79 Å². The Bertz CT molecular complexity index is 772. The van der Waals surface area contributed by atoms with Crippen LogP contribution in [0.15, 0.2) is 29.4 Å². The average molecular weight is 382 g/mol. The minimum absolute atomic E-state index is 0.150. The molecule has 5 rings (SSSR count). The second kappa shape index (κ2) is 7.18. The molecule has 1 aromatic carbocycles. The smallest absolute Gasteiger partial charge is 0.281 e. The molecule has 0 radical (unpaired) electrons. The highest BCUT2D eigenvalue weighted by Gasteiger charge is 2.43. The van der Waals surface area contributed by atoms with Crippen molar-refractivity contribution >= 4 is 17.3 Å². The van der Waals surface area contributed by atoms with Crippen LogP contribution in [0.5, 0.6) is 0 Å². The van der Waals surface area contributed by atoms with E-state index >= 15 is 0 Å². The second-order valence-corrected chi connectivity index (χ2v) is 9.50. The zero-order valence-corrected chi connectivity index (χ0v) is 16.6. The Labute approximate surface area is 167 Å². The molecule has 2 aliphatic carbocycles. The summed E-state index contributed by atoms with van der Waals surface area (Å²) in [6.45, 7) is 3.38. The number of piperidine rings is 1. The average Bonchev–Trinajstić information content (AvgIpc) is 3.00. The van der Waals surface area contributed by atoms with E-state index in [1.165, 1.54) is 51.5 Å². The first-order valence-corrected chi connectivity index (χ1v) is 11.1. The molecule has 1 amide bonds. The number of nitrogens with zero attached hydrogens (tertiary/aromatic N) is 3. The Morgan fingerprint density at radius 3 is 2.50 bits per heavy atom. The lowest BCUT2D eigenvalue weighted by Gasteiger charge is -2.49. The van der Waals surface area contributed by atoms with Crippen molar-refractivity contribution < 1.29 is 10.0 Å². The molecule has 150 valence electrons. The predicted molar refractivity (Wildman–Crippen MR) is 110 cm³/mol. The number of rotatable bonds is 3. The molecule has 1 N–H and O–H groups in total. The van der Waals surface area contributed by atoms with Gasteiger partial charge >= 0.3 is 0 Å². The molecule has 4 aliphatic rings. The standard InChI is InChI=1S/C23H31N3O2/c27-22-21(24-28)19-7-1-2-8-20(19)26(22)18-9-13-25(14-10-18)16-23-11-3-5-17(15-23)6-4-12-23/h1-2,7-8,17-18,28H,3-6,9-16H2/b24-21-. The summed E-state index contributed by atoms with van der Waals surface area (Å²) in [5.41, 5.74) is 2.42. The van der Waals surface area contributed by atoms with E-state index in [1.54, 1.807) is 0 Å². The van der Waals surface area contributed by atoms with Crippen LogP contribution in [-0.4, -0.2) is 47.4 Å². The molecule has 0 unspecified atom stereocenters. The van der Waals surface area contributed by atoms with Crippen molar-refractivity contribution in [2.45, 2.75) is 63.8 Å². The lowest BCUT2D eigenvalue weighted by atomic mass is 9.62. The van der Waals surface area contributed by atoms with Crippen molar-refractivity contribution in [3.8, 4) is 0 Å². The number of likely N-dealkylation sites (tertiary alicyclic amines) is 1. The Balaban J connectivity index is 1.26. The van der Waals surface area contributed by atoms with Gasteiger partial charge in [0.05, 0.1) is 5.69 Å². The molecular formula is C23H31N3O2. The number of fused-ring (bicyclic) bond motifs is 3. The van der Waals surface area contributed by atoms with E-state index in [1.807, 2.05) is 29.2 Å². The molecule has 1 aromatic rings. The third kappa shape index (κ3) is 3.04. The van der Waals surface area contributed by atoms with Gasteiger partial charge in [-0.3, -0.25) is 4.79 Å². The number of para-hydroxylation sites is 1. The van der Waals surface area contributed by atoms with Gasteiger partial charge in [-0.2, -0.15) is 0 Å². The molecule has 3 fully saturated rings. The van der Waals surface area contributed by atoms with Gasteiger partial charge in [0, 0.05) is 31.2 Å². The van der Waals surface area contributed by atoms with Crippen molar-refractivity contribution in [3.05, 3.63) is 29.8 Å². The first kappa shape index (κ1) is 18.2. The highest BCUT2D eigenvalue weighted by Crippen LogP contribution is 2.49. The number of carbonyl (C=O) groups is 1. The summed E-state index contributed by atoms with van der Waals surface area (Å²) in [5, 5.41) is 12.6. The number of hydrogen-bond acceptors (Lipinski definition) is 4. The van der Waals surface area contributed by atoms with Gasteiger partial charge in [0.2, 0.25) is 0 Å². The van der Waals surface area contributed by atoms with Crippen molar-refractivity contribution in [1.82, 2.24) is 4.90 Å². The molecule has 2 bridgehead atoms. The fraction of sp³-hybridized carbons (Fsp3) is 0.652. The summed E-state index contributed by atoms with van der Waals surface area (Å²) in [5.74, 6) is 0.832. The zero-order chi connectivity index (χ0) is 19.1. The summed E-state index contributed by atoms with van der Waals surface area (Å²) < 4.78 is 0. The summed E-state index contributed by atoms with van der Waals surface area (Å²) in [6.07, 6.45) is 12.0. The van der Waals surface area contributed by atoms with E-state index in [0.717, 1.165) is 43.1 Å². The molecule has 28 heavy (non-hydrogen) atoms. The van der Waals surface area contributed by atoms with E-state index < -0.39 is 0 Å². The van der Waals surface area contributed by atoms with E-state index in [0.29, 0.717) is 5.41 Å². The molecule has 2 saturated carbocycles. The normalized spacial score (nSPS) is 32.7. The fourth-order valence-electron chi connectivity index (χ4n) is 6.54. The lowest BCUT2D eigenvalue weighted by Crippen LogP contribution is -2.50. The highest BCUT2D eigenvalue weighted by atomic mass is 16.4. The number of anilines is 1. The molecule has 5 nitrogen and oxygen atoms in total. The highest BCUT2D eigenvalue weighted by molar-refractivity contribution is 6.54. The van der Waals surface area contributed by atoms with E-state index in [4.69, 9.17) is 0 Å². The number of benzene rings is 1. The SMILES string of the molecule is O=C1/C(=N\O)c2ccccc2N1C1CCN(CC23CCCC(CCC2)C3)CC1. The lowest BCUT2D eigenvalue weighted by molar-refractivity contribution is -0.113. The number of hydrogen-bond donors (Lipinski definition) is 1.